The maximum Gasteiger partial charge on any atom is 0.243 e. The summed E-state index contributed by atoms with van der Waals surface area (Å²) in [6, 6.07) is 14.0. The minimum Gasteiger partial charge on any atom is -0.496 e. The van der Waals surface area contributed by atoms with Crippen molar-refractivity contribution in [3.63, 3.8) is 0 Å². The molecule has 0 aliphatic carbocycles. The molecule has 2 aromatic rings. The van der Waals surface area contributed by atoms with Crippen LogP contribution >= 0.6 is 0 Å². The second-order valence-electron chi connectivity index (χ2n) is 7.26. The van der Waals surface area contributed by atoms with Crippen molar-refractivity contribution < 1.29 is 13.2 Å². The van der Waals surface area contributed by atoms with E-state index in [1.165, 1.54) is 5.56 Å². The molecule has 2 aromatic carbocycles. The van der Waals surface area contributed by atoms with Crippen molar-refractivity contribution >= 4 is 10.0 Å². The van der Waals surface area contributed by atoms with Gasteiger partial charge in [0.15, 0.2) is 0 Å². The van der Waals surface area contributed by atoms with E-state index in [4.69, 9.17) is 4.74 Å². The summed E-state index contributed by atoms with van der Waals surface area (Å²) in [5, 5.41) is 0. The lowest BCUT2D eigenvalue weighted by atomic mass is 10.1. The second kappa shape index (κ2) is 8.00. The quantitative estimate of drug-likeness (QED) is 0.789. The molecular weight excluding hydrogens is 360 g/mol. The Labute approximate surface area is 162 Å². The molecule has 1 heterocycles. The summed E-state index contributed by atoms with van der Waals surface area (Å²) in [5.74, 6) is 0.715. The van der Waals surface area contributed by atoms with Gasteiger partial charge in [-0.2, -0.15) is 4.31 Å². The van der Waals surface area contributed by atoms with Gasteiger partial charge in [-0.05, 0) is 49.6 Å². The molecule has 0 bridgehead atoms. The maximum absolute atomic E-state index is 13.2. The Bertz CT molecular complexity index is 897. The number of methoxy groups -OCH3 is 1. The molecule has 1 aliphatic rings. The third kappa shape index (κ3) is 4.18. The topological polar surface area (TPSA) is 49.9 Å². The van der Waals surface area contributed by atoms with E-state index in [0.29, 0.717) is 23.7 Å². The fourth-order valence-electron chi connectivity index (χ4n) is 3.63. The van der Waals surface area contributed by atoms with Gasteiger partial charge >= 0.3 is 0 Å². The SMILES string of the molecule is COc1cc(C)c(S(=O)(=O)N2CCN(Cc3ccccc3)C(C)C2)cc1C. The van der Waals surface area contributed by atoms with Crippen molar-refractivity contribution in [1.29, 1.82) is 0 Å². The summed E-state index contributed by atoms with van der Waals surface area (Å²) in [7, 11) is -1.92. The molecule has 0 saturated carbocycles. The van der Waals surface area contributed by atoms with Crippen molar-refractivity contribution in [3.05, 3.63) is 59.2 Å². The molecule has 1 saturated heterocycles. The lowest BCUT2D eigenvalue weighted by Crippen LogP contribution is -2.53. The van der Waals surface area contributed by atoms with Gasteiger partial charge in [-0.3, -0.25) is 4.90 Å². The highest BCUT2D eigenvalue weighted by atomic mass is 32.2. The van der Waals surface area contributed by atoms with Gasteiger partial charge < -0.3 is 4.74 Å². The van der Waals surface area contributed by atoms with Crippen LogP contribution in [0.15, 0.2) is 47.4 Å². The van der Waals surface area contributed by atoms with Gasteiger partial charge in [-0.15, -0.1) is 0 Å². The van der Waals surface area contributed by atoms with Crippen molar-refractivity contribution in [2.45, 2.75) is 38.3 Å². The average molecular weight is 389 g/mol. The highest BCUT2D eigenvalue weighted by Crippen LogP contribution is 2.29. The Kier molecular flexibility index (Phi) is 5.89. The van der Waals surface area contributed by atoms with E-state index in [9.17, 15) is 8.42 Å². The van der Waals surface area contributed by atoms with Crippen molar-refractivity contribution in [2.75, 3.05) is 26.7 Å². The summed E-state index contributed by atoms with van der Waals surface area (Å²) in [6.07, 6.45) is 0. The molecule has 5 nitrogen and oxygen atoms in total. The maximum atomic E-state index is 13.2. The molecule has 0 aromatic heterocycles. The number of piperazine rings is 1. The van der Waals surface area contributed by atoms with Crippen LogP contribution in [-0.4, -0.2) is 50.4 Å². The molecule has 146 valence electrons. The van der Waals surface area contributed by atoms with Gasteiger partial charge in [-0.25, -0.2) is 8.42 Å². The van der Waals surface area contributed by atoms with Gasteiger partial charge in [0.05, 0.1) is 12.0 Å². The van der Waals surface area contributed by atoms with Crippen LogP contribution in [0.5, 0.6) is 5.75 Å². The zero-order valence-corrected chi connectivity index (χ0v) is 17.3. The molecular formula is C21H28N2O3S. The normalized spacial score (nSPS) is 19.2. The van der Waals surface area contributed by atoms with E-state index in [2.05, 4.69) is 24.0 Å². The first-order chi connectivity index (χ1) is 12.8. The number of nitrogens with zero attached hydrogens (tertiary/aromatic N) is 2. The average Bonchev–Trinajstić information content (AvgIpc) is 2.65. The summed E-state index contributed by atoms with van der Waals surface area (Å²) >= 11 is 0. The largest absolute Gasteiger partial charge is 0.496 e. The van der Waals surface area contributed by atoms with Gasteiger partial charge in [0, 0.05) is 32.2 Å². The summed E-state index contributed by atoms with van der Waals surface area (Å²) in [4.78, 5) is 2.72. The molecule has 1 atom stereocenters. The number of hydrogen-bond acceptors (Lipinski definition) is 4. The Morgan fingerprint density at radius 3 is 2.41 bits per heavy atom. The first-order valence-electron chi connectivity index (χ1n) is 9.26. The lowest BCUT2D eigenvalue weighted by Gasteiger charge is -2.39. The minimum atomic E-state index is -3.52. The molecule has 1 unspecified atom stereocenters. The number of rotatable bonds is 5. The minimum absolute atomic E-state index is 0.161. The third-order valence-electron chi connectivity index (χ3n) is 5.27. The molecule has 0 N–H and O–H groups in total. The standard InChI is InChI=1S/C21H28N2O3S/c1-16-13-21(17(2)12-20(16)26-4)27(24,25)23-11-10-22(18(3)14-23)15-19-8-6-5-7-9-19/h5-9,12-13,18H,10-11,14-15H2,1-4H3. The van der Waals surface area contributed by atoms with Gasteiger partial charge in [0.1, 0.15) is 5.75 Å². The zero-order valence-electron chi connectivity index (χ0n) is 16.5. The second-order valence-corrected chi connectivity index (χ2v) is 9.16. The highest BCUT2D eigenvalue weighted by Gasteiger charge is 2.33. The number of aryl methyl sites for hydroxylation is 2. The first kappa shape index (κ1) is 19.9. The molecule has 0 radical (unpaired) electrons. The van der Waals surface area contributed by atoms with Crippen LogP contribution in [-0.2, 0) is 16.6 Å². The number of hydrogen-bond donors (Lipinski definition) is 0. The van der Waals surface area contributed by atoms with E-state index in [1.54, 1.807) is 23.5 Å². The molecule has 0 spiro atoms. The van der Waals surface area contributed by atoms with E-state index in [-0.39, 0.29) is 6.04 Å². The van der Waals surface area contributed by atoms with Crippen LogP contribution < -0.4 is 4.74 Å². The van der Waals surface area contributed by atoms with Crippen molar-refractivity contribution in [2.24, 2.45) is 0 Å². The van der Waals surface area contributed by atoms with Crippen molar-refractivity contribution in [1.82, 2.24) is 9.21 Å². The predicted octanol–water partition coefficient (Wildman–Crippen LogP) is 3.21. The number of ether oxygens (including phenoxy) is 1. The van der Waals surface area contributed by atoms with Crippen LogP contribution in [0.3, 0.4) is 0 Å². The van der Waals surface area contributed by atoms with E-state index < -0.39 is 10.0 Å². The fourth-order valence-corrected chi connectivity index (χ4v) is 5.44. The van der Waals surface area contributed by atoms with E-state index >= 15 is 0 Å². The van der Waals surface area contributed by atoms with E-state index in [1.807, 2.05) is 32.0 Å². The Balaban J connectivity index is 1.77. The van der Waals surface area contributed by atoms with Gasteiger partial charge in [-0.1, -0.05) is 30.3 Å². The molecule has 6 heteroatoms. The molecule has 27 heavy (non-hydrogen) atoms. The van der Waals surface area contributed by atoms with Crippen LogP contribution in [0.25, 0.3) is 0 Å². The van der Waals surface area contributed by atoms with Gasteiger partial charge in [0.2, 0.25) is 10.0 Å². The van der Waals surface area contributed by atoms with E-state index in [0.717, 1.165) is 24.2 Å². The highest BCUT2D eigenvalue weighted by molar-refractivity contribution is 7.89. The first-order valence-corrected chi connectivity index (χ1v) is 10.7. The third-order valence-corrected chi connectivity index (χ3v) is 7.27. The molecule has 1 fully saturated rings. The predicted molar refractivity (Wildman–Crippen MR) is 108 cm³/mol. The molecule has 1 aliphatic heterocycles. The van der Waals surface area contributed by atoms with Gasteiger partial charge in [0.25, 0.3) is 0 Å². The van der Waals surface area contributed by atoms with Crippen LogP contribution in [0.1, 0.15) is 23.6 Å². The smallest absolute Gasteiger partial charge is 0.243 e. The Morgan fingerprint density at radius 2 is 1.78 bits per heavy atom. The monoisotopic (exact) mass is 388 g/mol. The van der Waals surface area contributed by atoms with Crippen LogP contribution in [0.4, 0.5) is 0 Å². The fraction of sp³-hybridized carbons (Fsp3) is 0.429. The summed E-state index contributed by atoms with van der Waals surface area (Å²) in [5.41, 5.74) is 2.80. The Morgan fingerprint density at radius 1 is 1.07 bits per heavy atom. The lowest BCUT2D eigenvalue weighted by molar-refractivity contribution is 0.122. The van der Waals surface area contributed by atoms with Crippen LogP contribution in [0, 0.1) is 13.8 Å². The Hall–Kier alpha value is -1.89. The summed E-state index contributed by atoms with van der Waals surface area (Å²) < 4.78 is 33.4. The van der Waals surface area contributed by atoms with Crippen LogP contribution in [0.2, 0.25) is 0 Å². The summed E-state index contributed by atoms with van der Waals surface area (Å²) in [6.45, 7) is 8.36. The molecule has 3 rings (SSSR count). The molecule has 0 amide bonds. The van der Waals surface area contributed by atoms with Crippen molar-refractivity contribution in [3.8, 4) is 5.75 Å². The zero-order chi connectivity index (χ0) is 19.6. The number of benzene rings is 2. The number of sulfonamides is 1.